The molecular formula is C82H161NO5. The van der Waals surface area contributed by atoms with Crippen molar-refractivity contribution in [3.8, 4) is 0 Å². The van der Waals surface area contributed by atoms with Crippen molar-refractivity contribution in [1.29, 1.82) is 0 Å². The van der Waals surface area contributed by atoms with Gasteiger partial charge in [0.25, 0.3) is 0 Å². The molecule has 0 aromatic heterocycles. The van der Waals surface area contributed by atoms with Crippen LogP contribution in [-0.2, 0) is 14.3 Å². The number of unbranched alkanes of at least 4 members (excludes halogenated alkanes) is 67. The molecule has 88 heavy (non-hydrogen) atoms. The molecule has 2 atom stereocenters. The van der Waals surface area contributed by atoms with Crippen molar-refractivity contribution in [1.82, 2.24) is 5.32 Å². The molecule has 6 nitrogen and oxygen atoms in total. The highest BCUT2D eigenvalue weighted by atomic mass is 16.5. The lowest BCUT2D eigenvalue weighted by molar-refractivity contribution is -0.143. The van der Waals surface area contributed by atoms with Crippen LogP contribution in [0.5, 0.6) is 0 Å². The SMILES string of the molecule is CCCCCCCCCCCCCCC/C=C/C(O)C(CO)NC(=O)CCCCCCCCCCCCCCCCCCCCCCCCCCCCCCCCCCCCCCCCCOC(=O)CCCCCCCCCCCCCCCCCCC. The Bertz CT molecular complexity index is 1340. The van der Waals surface area contributed by atoms with Crippen molar-refractivity contribution in [3.05, 3.63) is 12.2 Å². The van der Waals surface area contributed by atoms with Crippen molar-refractivity contribution >= 4 is 11.9 Å². The van der Waals surface area contributed by atoms with E-state index in [-0.39, 0.29) is 18.5 Å². The van der Waals surface area contributed by atoms with E-state index >= 15 is 0 Å². The van der Waals surface area contributed by atoms with Gasteiger partial charge in [0.1, 0.15) is 0 Å². The molecule has 0 aliphatic rings. The lowest BCUT2D eigenvalue weighted by Gasteiger charge is -2.20. The van der Waals surface area contributed by atoms with Crippen LogP contribution >= 0.6 is 0 Å². The number of esters is 1. The van der Waals surface area contributed by atoms with Gasteiger partial charge in [0.05, 0.1) is 25.4 Å². The first-order valence-electron chi connectivity index (χ1n) is 41.0. The standard InChI is InChI=1S/C82H161NO5/c1-3-5-7-9-11-13-15-17-19-43-48-52-56-60-64-68-72-76-82(87)88-77-73-69-65-61-57-53-49-45-42-40-38-36-34-32-30-28-26-24-22-20-21-23-25-27-29-31-33-35-37-39-41-44-47-51-55-59-63-67-71-75-81(86)83-79(78-84)80(85)74-70-66-62-58-54-50-46-18-16-14-12-10-8-6-4-2/h70,74,79-80,84-85H,3-69,71-73,75-78H2,1-2H3,(H,83,86)/b74-70+. The van der Waals surface area contributed by atoms with Gasteiger partial charge in [-0.25, -0.2) is 0 Å². The van der Waals surface area contributed by atoms with Crippen LogP contribution in [0.1, 0.15) is 476 Å². The smallest absolute Gasteiger partial charge is 0.305 e. The van der Waals surface area contributed by atoms with Crippen molar-refractivity contribution in [2.45, 2.75) is 488 Å². The van der Waals surface area contributed by atoms with Crippen molar-refractivity contribution in [2.24, 2.45) is 0 Å². The molecule has 0 saturated carbocycles. The second kappa shape index (κ2) is 78.0. The Morgan fingerprint density at radius 1 is 0.307 bits per heavy atom. The minimum atomic E-state index is -0.839. The van der Waals surface area contributed by atoms with Crippen LogP contribution in [-0.4, -0.2) is 47.4 Å². The molecule has 0 aliphatic heterocycles. The molecule has 2 unspecified atom stereocenters. The highest BCUT2D eigenvalue weighted by molar-refractivity contribution is 5.76. The predicted molar refractivity (Wildman–Crippen MR) is 389 cm³/mol. The summed E-state index contributed by atoms with van der Waals surface area (Å²) in [5.41, 5.74) is 0. The van der Waals surface area contributed by atoms with E-state index in [2.05, 4.69) is 19.2 Å². The fourth-order valence-corrected chi connectivity index (χ4v) is 13.3. The maximum absolute atomic E-state index is 12.5. The molecule has 0 aromatic carbocycles. The molecule has 0 fully saturated rings. The van der Waals surface area contributed by atoms with Gasteiger partial charge in [-0.2, -0.15) is 0 Å². The quantitative estimate of drug-likeness (QED) is 0.0320. The highest BCUT2D eigenvalue weighted by Crippen LogP contribution is 2.21. The largest absolute Gasteiger partial charge is 0.466 e. The summed E-state index contributed by atoms with van der Waals surface area (Å²) in [5, 5.41) is 23.2. The number of nitrogens with one attached hydrogen (secondary N) is 1. The zero-order valence-electron chi connectivity index (χ0n) is 60.3. The van der Waals surface area contributed by atoms with Gasteiger partial charge < -0.3 is 20.3 Å². The normalized spacial score (nSPS) is 12.5. The van der Waals surface area contributed by atoms with Crippen LogP contribution in [0.25, 0.3) is 0 Å². The molecular weight excluding hydrogens is 1080 g/mol. The van der Waals surface area contributed by atoms with E-state index < -0.39 is 12.1 Å². The Labute approximate surface area is 552 Å². The molecule has 3 N–H and O–H groups in total. The van der Waals surface area contributed by atoms with Gasteiger partial charge in [0, 0.05) is 12.8 Å². The van der Waals surface area contributed by atoms with Crippen LogP contribution in [0.2, 0.25) is 0 Å². The number of aliphatic hydroxyl groups is 2. The summed E-state index contributed by atoms with van der Waals surface area (Å²) in [4.78, 5) is 24.6. The highest BCUT2D eigenvalue weighted by Gasteiger charge is 2.18. The van der Waals surface area contributed by atoms with Crippen LogP contribution < -0.4 is 5.32 Å². The first-order valence-corrected chi connectivity index (χ1v) is 41.0. The number of carbonyl (C=O) groups excluding carboxylic acids is 2. The second-order valence-corrected chi connectivity index (χ2v) is 28.5. The maximum Gasteiger partial charge on any atom is 0.305 e. The lowest BCUT2D eigenvalue weighted by Crippen LogP contribution is -2.45. The Morgan fingerprint density at radius 2 is 0.523 bits per heavy atom. The summed E-state index contributed by atoms with van der Waals surface area (Å²) in [6.07, 6.45) is 99.4. The number of aliphatic hydroxyl groups excluding tert-OH is 2. The van der Waals surface area contributed by atoms with Crippen molar-refractivity contribution < 1.29 is 24.5 Å². The molecule has 0 saturated heterocycles. The Kier molecular flexibility index (Phi) is 76.8. The van der Waals surface area contributed by atoms with Crippen LogP contribution in [0, 0.1) is 0 Å². The van der Waals surface area contributed by atoms with E-state index in [9.17, 15) is 19.8 Å². The average molecular weight is 1240 g/mol. The lowest BCUT2D eigenvalue weighted by atomic mass is 10.0. The van der Waals surface area contributed by atoms with E-state index in [1.165, 1.54) is 411 Å². The second-order valence-electron chi connectivity index (χ2n) is 28.5. The van der Waals surface area contributed by atoms with Gasteiger partial charge in [0.2, 0.25) is 5.91 Å². The summed E-state index contributed by atoms with van der Waals surface area (Å²) in [6, 6.07) is -0.622. The Morgan fingerprint density at radius 3 is 0.773 bits per heavy atom. The van der Waals surface area contributed by atoms with Gasteiger partial charge in [0.15, 0.2) is 0 Å². The Balaban J connectivity index is 3.28. The molecule has 0 aromatic rings. The first-order chi connectivity index (χ1) is 43.5. The fraction of sp³-hybridized carbons (Fsp3) is 0.951. The summed E-state index contributed by atoms with van der Waals surface area (Å²) < 4.78 is 5.52. The van der Waals surface area contributed by atoms with Gasteiger partial charge >= 0.3 is 5.97 Å². The van der Waals surface area contributed by atoms with Gasteiger partial charge in [-0.05, 0) is 32.1 Å². The minimum absolute atomic E-state index is 0.0291. The third kappa shape index (κ3) is 73.6. The number of allylic oxidation sites excluding steroid dienone is 1. The number of carbonyl (C=O) groups is 2. The summed E-state index contributed by atoms with van der Waals surface area (Å²) in [6.45, 7) is 4.96. The summed E-state index contributed by atoms with van der Waals surface area (Å²) in [7, 11) is 0. The van der Waals surface area contributed by atoms with Crippen LogP contribution in [0.4, 0.5) is 0 Å². The predicted octanol–water partition coefficient (Wildman–Crippen LogP) is 27.1. The van der Waals surface area contributed by atoms with E-state index in [1.807, 2.05) is 6.08 Å². The maximum atomic E-state index is 12.5. The summed E-state index contributed by atoms with van der Waals surface area (Å²) >= 11 is 0. The molecule has 0 spiro atoms. The number of ether oxygens (including phenoxy) is 1. The monoisotopic (exact) mass is 1240 g/mol. The molecule has 6 heteroatoms. The zero-order chi connectivity index (χ0) is 63.5. The average Bonchev–Trinajstić information content (AvgIpc) is 3.58. The van der Waals surface area contributed by atoms with Crippen LogP contribution in [0.15, 0.2) is 12.2 Å². The summed E-state index contributed by atoms with van der Waals surface area (Å²) in [5.74, 6) is -0.0293. The first kappa shape index (κ1) is 86.6. The molecule has 1 amide bonds. The van der Waals surface area contributed by atoms with Gasteiger partial charge in [-0.1, -0.05) is 443 Å². The van der Waals surface area contributed by atoms with Gasteiger partial charge in [-0.15, -0.1) is 0 Å². The van der Waals surface area contributed by atoms with E-state index in [1.54, 1.807) is 6.08 Å². The van der Waals surface area contributed by atoms with Crippen molar-refractivity contribution in [2.75, 3.05) is 13.2 Å². The third-order valence-corrected chi connectivity index (χ3v) is 19.6. The number of rotatable bonds is 78. The van der Waals surface area contributed by atoms with E-state index in [0.717, 1.165) is 38.5 Å². The minimum Gasteiger partial charge on any atom is -0.466 e. The van der Waals surface area contributed by atoms with E-state index in [0.29, 0.717) is 19.4 Å². The Hall–Kier alpha value is -1.40. The fourth-order valence-electron chi connectivity index (χ4n) is 13.3. The zero-order valence-corrected chi connectivity index (χ0v) is 60.3. The molecule has 0 aliphatic carbocycles. The van der Waals surface area contributed by atoms with Gasteiger partial charge in [-0.3, -0.25) is 9.59 Å². The molecule has 524 valence electrons. The molecule has 0 heterocycles. The molecule has 0 rings (SSSR count). The number of hydrogen-bond acceptors (Lipinski definition) is 5. The van der Waals surface area contributed by atoms with E-state index in [4.69, 9.17) is 4.74 Å². The molecule has 0 radical (unpaired) electrons. The number of hydrogen-bond donors (Lipinski definition) is 3. The topological polar surface area (TPSA) is 95.9 Å². The van der Waals surface area contributed by atoms with Crippen molar-refractivity contribution in [3.63, 3.8) is 0 Å². The third-order valence-electron chi connectivity index (χ3n) is 19.6. The molecule has 0 bridgehead atoms. The van der Waals surface area contributed by atoms with Crippen LogP contribution in [0.3, 0.4) is 0 Å². The number of amides is 1.